The first-order chi connectivity index (χ1) is 5.31. The van der Waals surface area contributed by atoms with Crippen molar-refractivity contribution in [3.8, 4) is 0 Å². The van der Waals surface area contributed by atoms with E-state index >= 15 is 0 Å². The van der Waals surface area contributed by atoms with Crippen LogP contribution >= 0.6 is 15.9 Å². The van der Waals surface area contributed by atoms with Crippen LogP contribution in [0.25, 0.3) is 0 Å². The molecule has 0 aliphatic heterocycles. The summed E-state index contributed by atoms with van der Waals surface area (Å²) in [6, 6.07) is 0. The van der Waals surface area contributed by atoms with Gasteiger partial charge < -0.3 is 5.11 Å². The Kier molecular flexibility index (Phi) is 8.88. The normalized spacial score (nSPS) is 13.4. The third-order valence-electron chi connectivity index (χ3n) is 1.94. The van der Waals surface area contributed by atoms with E-state index in [0.717, 1.165) is 17.7 Å². The largest absolute Gasteiger partial charge is 0.396 e. The van der Waals surface area contributed by atoms with Crippen molar-refractivity contribution in [1.29, 1.82) is 0 Å². The van der Waals surface area contributed by atoms with Crippen molar-refractivity contribution in [2.75, 3.05) is 11.9 Å². The lowest BCUT2D eigenvalue weighted by Crippen LogP contribution is -1.96. The highest BCUT2D eigenvalue weighted by Gasteiger charge is 2.00. The number of aliphatic hydroxyl groups excluding tert-OH is 1. The van der Waals surface area contributed by atoms with E-state index in [1.165, 1.54) is 25.7 Å². The molecule has 0 spiro atoms. The minimum absolute atomic E-state index is 0.350. The molecule has 1 nitrogen and oxygen atoms in total. The molecule has 0 rings (SSSR count). The topological polar surface area (TPSA) is 20.2 Å². The van der Waals surface area contributed by atoms with E-state index in [1.54, 1.807) is 0 Å². The van der Waals surface area contributed by atoms with Gasteiger partial charge in [-0.05, 0) is 25.2 Å². The van der Waals surface area contributed by atoms with Gasteiger partial charge in [0.1, 0.15) is 0 Å². The molecule has 0 fully saturated rings. The highest BCUT2D eigenvalue weighted by atomic mass is 79.9. The number of alkyl halides is 1. The number of halogens is 1. The highest BCUT2D eigenvalue weighted by molar-refractivity contribution is 9.09. The van der Waals surface area contributed by atoms with Gasteiger partial charge in [0, 0.05) is 11.9 Å². The van der Waals surface area contributed by atoms with Gasteiger partial charge in [-0.1, -0.05) is 35.7 Å². The Hall–Kier alpha value is 0.440. The quantitative estimate of drug-likeness (QED) is 0.519. The van der Waals surface area contributed by atoms with Crippen LogP contribution in [-0.2, 0) is 0 Å². The van der Waals surface area contributed by atoms with Gasteiger partial charge >= 0.3 is 0 Å². The molecule has 0 unspecified atom stereocenters. The summed E-state index contributed by atoms with van der Waals surface area (Å²) in [5, 5.41) is 9.70. The van der Waals surface area contributed by atoms with Gasteiger partial charge in [0.25, 0.3) is 0 Å². The molecular weight excluding hydrogens is 204 g/mol. The molecule has 1 atom stereocenters. The first kappa shape index (κ1) is 11.4. The predicted molar refractivity (Wildman–Crippen MR) is 53.1 cm³/mol. The van der Waals surface area contributed by atoms with Gasteiger partial charge in [0.15, 0.2) is 0 Å². The van der Waals surface area contributed by atoms with Crippen molar-refractivity contribution in [2.45, 2.75) is 39.0 Å². The third kappa shape index (κ3) is 8.35. The maximum atomic E-state index is 8.58. The number of aliphatic hydroxyl groups is 1. The molecule has 0 aromatic carbocycles. The summed E-state index contributed by atoms with van der Waals surface area (Å²) in [7, 11) is 0. The average molecular weight is 223 g/mol. The molecule has 0 aromatic rings. The summed E-state index contributed by atoms with van der Waals surface area (Å²) < 4.78 is 0. The van der Waals surface area contributed by atoms with Gasteiger partial charge in [-0.2, -0.15) is 0 Å². The van der Waals surface area contributed by atoms with Crippen molar-refractivity contribution in [3.63, 3.8) is 0 Å². The molecule has 2 heteroatoms. The molecule has 0 aliphatic rings. The fraction of sp³-hybridized carbons (Fsp3) is 1.00. The summed E-state index contributed by atoms with van der Waals surface area (Å²) in [6.45, 7) is 2.62. The van der Waals surface area contributed by atoms with Crippen LogP contribution in [0.2, 0.25) is 0 Å². The zero-order valence-electron chi connectivity index (χ0n) is 7.35. The Balaban J connectivity index is 3.02. The summed E-state index contributed by atoms with van der Waals surface area (Å²) in [5.41, 5.74) is 0. The molecule has 0 bridgehead atoms. The first-order valence-electron chi connectivity index (χ1n) is 4.48. The summed E-state index contributed by atoms with van der Waals surface area (Å²) >= 11 is 3.41. The third-order valence-corrected chi connectivity index (χ3v) is 2.50. The van der Waals surface area contributed by atoms with Crippen LogP contribution in [0.5, 0.6) is 0 Å². The minimum atomic E-state index is 0.350. The number of hydrogen-bond acceptors (Lipinski definition) is 1. The Morgan fingerprint density at radius 3 is 2.36 bits per heavy atom. The zero-order valence-corrected chi connectivity index (χ0v) is 8.94. The van der Waals surface area contributed by atoms with E-state index in [-0.39, 0.29) is 0 Å². The van der Waals surface area contributed by atoms with Crippen LogP contribution in [0, 0.1) is 5.92 Å². The van der Waals surface area contributed by atoms with Crippen molar-refractivity contribution in [3.05, 3.63) is 0 Å². The molecule has 0 amide bonds. The highest BCUT2D eigenvalue weighted by Crippen LogP contribution is 2.13. The SMILES string of the molecule is C[C@@H](CCCO)CCCCBr. The Morgan fingerprint density at radius 2 is 1.82 bits per heavy atom. The van der Waals surface area contributed by atoms with E-state index in [0.29, 0.717) is 6.61 Å². The monoisotopic (exact) mass is 222 g/mol. The molecule has 11 heavy (non-hydrogen) atoms. The van der Waals surface area contributed by atoms with E-state index < -0.39 is 0 Å². The smallest absolute Gasteiger partial charge is 0.0431 e. The first-order valence-corrected chi connectivity index (χ1v) is 5.60. The van der Waals surface area contributed by atoms with E-state index in [4.69, 9.17) is 5.11 Å². The van der Waals surface area contributed by atoms with Gasteiger partial charge in [-0.3, -0.25) is 0 Å². The fourth-order valence-electron chi connectivity index (χ4n) is 1.17. The number of unbranched alkanes of at least 4 members (excludes halogenated alkanes) is 1. The molecule has 0 saturated carbocycles. The molecule has 0 radical (unpaired) electrons. The molecule has 0 heterocycles. The van der Waals surface area contributed by atoms with E-state index in [9.17, 15) is 0 Å². The zero-order chi connectivity index (χ0) is 8.53. The molecule has 0 aromatic heterocycles. The van der Waals surface area contributed by atoms with Crippen LogP contribution in [0.15, 0.2) is 0 Å². The lowest BCUT2D eigenvalue weighted by atomic mass is 9.99. The average Bonchev–Trinajstić information content (AvgIpc) is 2.01. The van der Waals surface area contributed by atoms with Crippen LogP contribution in [0.3, 0.4) is 0 Å². The molecule has 0 aliphatic carbocycles. The Morgan fingerprint density at radius 1 is 1.18 bits per heavy atom. The van der Waals surface area contributed by atoms with Crippen LogP contribution in [0.1, 0.15) is 39.0 Å². The van der Waals surface area contributed by atoms with Crippen molar-refractivity contribution >= 4 is 15.9 Å². The van der Waals surface area contributed by atoms with Gasteiger partial charge in [-0.15, -0.1) is 0 Å². The molecule has 0 saturated heterocycles. The van der Waals surface area contributed by atoms with Crippen LogP contribution in [-0.4, -0.2) is 17.0 Å². The second-order valence-electron chi connectivity index (χ2n) is 3.16. The number of hydrogen-bond donors (Lipinski definition) is 1. The van der Waals surface area contributed by atoms with E-state index in [1.807, 2.05) is 0 Å². The summed E-state index contributed by atoms with van der Waals surface area (Å²) in [4.78, 5) is 0. The summed E-state index contributed by atoms with van der Waals surface area (Å²) in [5.74, 6) is 0.793. The van der Waals surface area contributed by atoms with Gasteiger partial charge in [0.2, 0.25) is 0 Å². The second-order valence-corrected chi connectivity index (χ2v) is 3.95. The number of rotatable bonds is 7. The second kappa shape index (κ2) is 8.54. The van der Waals surface area contributed by atoms with Crippen molar-refractivity contribution in [1.82, 2.24) is 0 Å². The maximum Gasteiger partial charge on any atom is 0.0431 e. The van der Waals surface area contributed by atoms with Crippen molar-refractivity contribution < 1.29 is 5.11 Å². The minimum Gasteiger partial charge on any atom is -0.396 e. The van der Waals surface area contributed by atoms with Crippen LogP contribution in [0.4, 0.5) is 0 Å². The van der Waals surface area contributed by atoms with Gasteiger partial charge in [0.05, 0.1) is 0 Å². The maximum absolute atomic E-state index is 8.58. The Bertz CT molecular complexity index is 76.0. The lowest BCUT2D eigenvalue weighted by Gasteiger charge is -2.08. The van der Waals surface area contributed by atoms with Crippen LogP contribution < -0.4 is 0 Å². The Labute approximate surface area is 78.3 Å². The fourth-order valence-corrected chi connectivity index (χ4v) is 1.57. The van der Waals surface area contributed by atoms with E-state index in [2.05, 4.69) is 22.9 Å². The van der Waals surface area contributed by atoms with Gasteiger partial charge in [-0.25, -0.2) is 0 Å². The standard InChI is InChI=1S/C9H19BrO/c1-9(6-4-8-11)5-2-3-7-10/h9,11H,2-8H2,1H3/t9-/m1/s1. The molecule has 68 valence electrons. The summed E-state index contributed by atoms with van der Waals surface area (Å²) in [6.07, 6.45) is 6.06. The molecular formula is C9H19BrO. The van der Waals surface area contributed by atoms with Crippen molar-refractivity contribution in [2.24, 2.45) is 5.92 Å². The molecule has 1 N–H and O–H groups in total. The lowest BCUT2D eigenvalue weighted by molar-refractivity contribution is 0.271. The predicted octanol–water partition coefficient (Wildman–Crippen LogP) is 2.96.